The summed E-state index contributed by atoms with van der Waals surface area (Å²) in [6, 6.07) is 7.46. The number of hydrogen-bond acceptors (Lipinski definition) is 3. The van der Waals surface area contributed by atoms with Crippen molar-refractivity contribution in [2.75, 3.05) is 6.61 Å². The van der Waals surface area contributed by atoms with Crippen LogP contribution in [0.5, 0.6) is 0 Å². The number of hydrogen-bond donors (Lipinski definition) is 0. The van der Waals surface area contributed by atoms with E-state index in [1.54, 1.807) is 6.20 Å². The van der Waals surface area contributed by atoms with Crippen LogP contribution in [0.2, 0.25) is 25.7 Å². The van der Waals surface area contributed by atoms with Crippen LogP contribution >= 0.6 is 0 Å². The van der Waals surface area contributed by atoms with Gasteiger partial charge in [0.15, 0.2) is 0 Å². The molecule has 0 spiro atoms. The van der Waals surface area contributed by atoms with Gasteiger partial charge in [0, 0.05) is 32.5 Å². The third kappa shape index (κ3) is 3.76. The van der Waals surface area contributed by atoms with Crippen LogP contribution < -0.4 is 0 Å². The quantitative estimate of drug-likeness (QED) is 0.594. The molecule has 2 rings (SSSR count). The molecule has 0 saturated carbocycles. The molecule has 2 heterocycles. The number of rotatable bonds is 6. The van der Waals surface area contributed by atoms with E-state index in [4.69, 9.17) is 4.74 Å². The molecule has 0 aliphatic heterocycles. The van der Waals surface area contributed by atoms with Gasteiger partial charge in [0.1, 0.15) is 12.4 Å². The van der Waals surface area contributed by atoms with Crippen molar-refractivity contribution in [2.24, 2.45) is 0 Å². The second-order valence-electron chi connectivity index (χ2n) is 7.47. The minimum Gasteiger partial charge on any atom is -0.361 e. The van der Waals surface area contributed by atoms with Gasteiger partial charge in [0.05, 0.1) is 11.5 Å². The first kappa shape index (κ1) is 16.7. The van der Waals surface area contributed by atoms with E-state index in [1.165, 1.54) is 0 Å². The van der Waals surface area contributed by atoms with Gasteiger partial charge in [-0.15, -0.1) is 0 Å². The summed E-state index contributed by atoms with van der Waals surface area (Å²) in [5.74, 6) is 0. The van der Waals surface area contributed by atoms with Gasteiger partial charge in [-0.1, -0.05) is 19.6 Å². The van der Waals surface area contributed by atoms with Gasteiger partial charge >= 0.3 is 0 Å². The Labute approximate surface area is 133 Å². The number of aromatic nitrogens is 2. The minimum atomic E-state index is -1.07. The highest BCUT2D eigenvalue weighted by Gasteiger charge is 2.25. The zero-order valence-electron chi connectivity index (χ0n) is 14.2. The predicted molar refractivity (Wildman–Crippen MR) is 92.5 cm³/mol. The third-order valence-electron chi connectivity index (χ3n) is 3.81. The van der Waals surface area contributed by atoms with Crippen LogP contribution in [0.4, 0.5) is 0 Å². The van der Waals surface area contributed by atoms with Crippen molar-refractivity contribution in [1.29, 1.82) is 5.26 Å². The van der Waals surface area contributed by atoms with Crippen LogP contribution in [0.25, 0.3) is 11.0 Å². The second kappa shape index (κ2) is 6.23. The number of ether oxygens (including phenoxy) is 1. The van der Waals surface area contributed by atoms with Gasteiger partial charge in [0.2, 0.25) is 0 Å². The zero-order valence-corrected chi connectivity index (χ0v) is 15.2. The maximum absolute atomic E-state index is 9.41. The van der Waals surface area contributed by atoms with E-state index < -0.39 is 13.5 Å². The van der Waals surface area contributed by atoms with E-state index >= 15 is 0 Å². The first-order valence-corrected chi connectivity index (χ1v) is 11.4. The minimum absolute atomic E-state index is 0.486. The Morgan fingerprint density at radius 1 is 1.36 bits per heavy atom. The van der Waals surface area contributed by atoms with Gasteiger partial charge in [-0.3, -0.25) is 0 Å². The molecule has 0 atom stereocenters. The van der Waals surface area contributed by atoms with E-state index in [0.717, 1.165) is 29.2 Å². The Hall–Kier alpha value is -1.64. The summed E-state index contributed by atoms with van der Waals surface area (Å²) < 4.78 is 7.85. The highest BCUT2D eigenvalue weighted by atomic mass is 28.3. The van der Waals surface area contributed by atoms with Crippen LogP contribution in [0.3, 0.4) is 0 Å². The standard InChI is InChI=1S/C17H25N3OSi/c1-17(2,12-18)15-11-20(13-21-9-10-22(3,4)5)16-14(15)7-6-8-19-16/h6-8,11H,9-10,13H2,1-5H3. The molecule has 0 aliphatic rings. The first-order chi connectivity index (χ1) is 10.2. The van der Waals surface area contributed by atoms with Gasteiger partial charge in [-0.25, -0.2) is 4.98 Å². The molecular weight excluding hydrogens is 290 g/mol. The van der Waals surface area contributed by atoms with E-state index in [1.807, 2.05) is 36.7 Å². The smallest absolute Gasteiger partial charge is 0.142 e. The largest absolute Gasteiger partial charge is 0.361 e. The van der Waals surface area contributed by atoms with Gasteiger partial charge in [-0.2, -0.15) is 5.26 Å². The number of nitrogens with zero attached hydrogens (tertiary/aromatic N) is 3. The van der Waals surface area contributed by atoms with Crippen molar-refractivity contribution in [2.45, 2.75) is 51.7 Å². The highest BCUT2D eigenvalue weighted by molar-refractivity contribution is 6.76. The van der Waals surface area contributed by atoms with Gasteiger partial charge < -0.3 is 9.30 Å². The molecule has 0 unspecified atom stereocenters. The summed E-state index contributed by atoms with van der Waals surface area (Å²) in [5.41, 5.74) is 1.35. The van der Waals surface area contributed by atoms with E-state index in [2.05, 4.69) is 30.7 Å². The SMILES string of the molecule is CC(C)(C#N)c1cn(COCC[Si](C)(C)C)c2ncccc12. The predicted octanol–water partition coefficient (Wildman–Crippen LogP) is 4.15. The summed E-state index contributed by atoms with van der Waals surface area (Å²) >= 11 is 0. The average Bonchev–Trinajstić information content (AvgIpc) is 2.82. The van der Waals surface area contributed by atoms with E-state index in [0.29, 0.717) is 6.73 Å². The van der Waals surface area contributed by atoms with Crippen molar-refractivity contribution >= 4 is 19.1 Å². The highest BCUT2D eigenvalue weighted by Crippen LogP contribution is 2.30. The lowest BCUT2D eigenvalue weighted by Crippen LogP contribution is -2.22. The molecule has 2 aromatic rings. The maximum atomic E-state index is 9.41. The molecule has 4 nitrogen and oxygen atoms in total. The molecule has 0 fully saturated rings. The van der Waals surface area contributed by atoms with Crippen molar-refractivity contribution in [1.82, 2.24) is 9.55 Å². The lowest BCUT2D eigenvalue weighted by atomic mass is 9.86. The van der Waals surface area contributed by atoms with Crippen LogP contribution in [-0.4, -0.2) is 24.2 Å². The topological polar surface area (TPSA) is 50.8 Å². The van der Waals surface area contributed by atoms with E-state index in [9.17, 15) is 5.26 Å². The molecule has 5 heteroatoms. The molecule has 0 aliphatic carbocycles. The summed E-state index contributed by atoms with van der Waals surface area (Å²) in [7, 11) is -1.07. The lowest BCUT2D eigenvalue weighted by Gasteiger charge is -2.15. The molecule has 2 aromatic heterocycles. The third-order valence-corrected chi connectivity index (χ3v) is 5.52. The molecule has 118 valence electrons. The summed E-state index contributed by atoms with van der Waals surface area (Å²) in [5, 5.41) is 10.4. The lowest BCUT2D eigenvalue weighted by molar-refractivity contribution is 0.0897. The number of fused-ring (bicyclic) bond motifs is 1. The van der Waals surface area contributed by atoms with Crippen molar-refractivity contribution in [3.8, 4) is 6.07 Å². The van der Waals surface area contributed by atoms with Crippen LogP contribution in [0.15, 0.2) is 24.5 Å². The first-order valence-electron chi connectivity index (χ1n) is 7.68. The fourth-order valence-electron chi connectivity index (χ4n) is 2.32. The summed E-state index contributed by atoms with van der Waals surface area (Å²) in [6.07, 6.45) is 3.79. The van der Waals surface area contributed by atoms with Crippen molar-refractivity contribution < 1.29 is 4.74 Å². The molecule has 0 N–H and O–H groups in total. The normalized spacial score (nSPS) is 12.5. The average molecular weight is 315 g/mol. The fourth-order valence-corrected chi connectivity index (χ4v) is 3.08. The Morgan fingerprint density at radius 3 is 2.73 bits per heavy atom. The monoisotopic (exact) mass is 315 g/mol. The Kier molecular flexibility index (Phi) is 4.74. The Balaban J connectivity index is 2.23. The van der Waals surface area contributed by atoms with E-state index in [-0.39, 0.29) is 0 Å². The molecule has 0 bridgehead atoms. The summed E-state index contributed by atoms with van der Waals surface area (Å²) in [4.78, 5) is 4.46. The van der Waals surface area contributed by atoms with Gasteiger partial charge in [0.25, 0.3) is 0 Å². The van der Waals surface area contributed by atoms with Crippen molar-refractivity contribution in [3.05, 3.63) is 30.1 Å². The van der Waals surface area contributed by atoms with Crippen LogP contribution in [0, 0.1) is 11.3 Å². The zero-order chi connectivity index (χ0) is 16.4. The number of nitriles is 1. The molecule has 22 heavy (non-hydrogen) atoms. The Bertz CT molecular complexity index is 692. The Morgan fingerprint density at radius 2 is 2.09 bits per heavy atom. The van der Waals surface area contributed by atoms with Crippen LogP contribution in [-0.2, 0) is 16.9 Å². The summed E-state index contributed by atoms with van der Waals surface area (Å²) in [6.45, 7) is 12.2. The molecule has 0 saturated heterocycles. The fraction of sp³-hybridized carbons (Fsp3) is 0.529. The number of pyridine rings is 1. The van der Waals surface area contributed by atoms with Crippen molar-refractivity contribution in [3.63, 3.8) is 0 Å². The molecule has 0 amide bonds. The molecular formula is C17H25N3OSi. The molecule has 0 aromatic carbocycles. The molecule has 0 radical (unpaired) electrons. The van der Waals surface area contributed by atoms with Crippen LogP contribution in [0.1, 0.15) is 19.4 Å². The second-order valence-corrected chi connectivity index (χ2v) is 13.1. The maximum Gasteiger partial charge on any atom is 0.142 e. The van der Waals surface area contributed by atoms with Gasteiger partial charge in [-0.05, 0) is 37.6 Å².